The molecule has 0 fully saturated rings. The molecule has 0 amide bonds. The summed E-state index contributed by atoms with van der Waals surface area (Å²) in [5, 5.41) is 3.45. The van der Waals surface area contributed by atoms with E-state index in [1.807, 2.05) is 24.3 Å². The van der Waals surface area contributed by atoms with Crippen molar-refractivity contribution in [3.8, 4) is 0 Å². The van der Waals surface area contributed by atoms with Crippen molar-refractivity contribution in [2.75, 3.05) is 6.61 Å². The van der Waals surface area contributed by atoms with Crippen LogP contribution in [0.1, 0.15) is 24.5 Å². The summed E-state index contributed by atoms with van der Waals surface area (Å²) in [5.41, 5.74) is 2.18. The Morgan fingerprint density at radius 3 is 2.64 bits per heavy atom. The number of benzene rings is 1. The van der Waals surface area contributed by atoms with Gasteiger partial charge in [0.25, 0.3) is 0 Å². The summed E-state index contributed by atoms with van der Waals surface area (Å²) < 4.78 is 5.41. The fraction of sp³-hybridized carbons (Fsp3) is 0.364. The van der Waals surface area contributed by atoms with E-state index < -0.39 is 0 Å². The number of hydrogen-bond donors (Lipinski definition) is 1. The van der Waals surface area contributed by atoms with Gasteiger partial charge in [-0.05, 0) is 17.5 Å². The van der Waals surface area contributed by atoms with Gasteiger partial charge in [0.1, 0.15) is 0 Å². The van der Waals surface area contributed by atoms with Gasteiger partial charge in [-0.3, -0.25) is 0 Å². The second-order valence-electron chi connectivity index (χ2n) is 3.07. The number of hydrogen-bond acceptors (Lipinski definition) is 3. The Kier molecular flexibility index (Phi) is 4.72. The molecule has 0 aliphatic carbocycles. The molecule has 0 saturated heterocycles. The zero-order valence-electron chi connectivity index (χ0n) is 8.44. The van der Waals surface area contributed by atoms with Crippen molar-refractivity contribution in [3.63, 3.8) is 0 Å². The Morgan fingerprint density at radius 1 is 1.36 bits per heavy atom. The van der Waals surface area contributed by atoms with Crippen LogP contribution in [0, 0.1) is 0 Å². The van der Waals surface area contributed by atoms with Crippen LogP contribution in [0.2, 0.25) is 0 Å². The van der Waals surface area contributed by atoms with E-state index in [0.717, 1.165) is 18.6 Å². The second kappa shape index (κ2) is 6.16. The highest BCUT2D eigenvalue weighted by Gasteiger charge is 1.92. The molecule has 0 unspecified atom stereocenters. The molecule has 0 aromatic heterocycles. The third kappa shape index (κ3) is 3.58. The minimum Gasteiger partial charge on any atom is -0.377 e. The summed E-state index contributed by atoms with van der Waals surface area (Å²) in [6.45, 7) is 3.58. The number of ether oxygens (including phenoxy) is 1. The van der Waals surface area contributed by atoms with Gasteiger partial charge in [-0.25, -0.2) is 0 Å². The Hall–Kier alpha value is -1.35. The van der Waals surface area contributed by atoms with Gasteiger partial charge in [-0.15, -0.1) is 0 Å². The highest BCUT2D eigenvalue weighted by molar-refractivity contribution is 5.79. The van der Waals surface area contributed by atoms with Crippen molar-refractivity contribution < 1.29 is 4.74 Å². The zero-order valence-corrected chi connectivity index (χ0v) is 8.44. The highest BCUT2D eigenvalue weighted by Crippen LogP contribution is 2.04. The molecule has 1 aromatic carbocycles. The molecule has 0 spiro atoms. The molecule has 0 atom stereocenters. The van der Waals surface area contributed by atoms with E-state index in [1.165, 1.54) is 5.56 Å². The van der Waals surface area contributed by atoms with Crippen molar-refractivity contribution in [2.45, 2.75) is 20.0 Å². The van der Waals surface area contributed by atoms with E-state index in [9.17, 15) is 0 Å². The first-order chi connectivity index (χ1) is 6.86. The fourth-order valence-corrected chi connectivity index (χ4v) is 1.12. The van der Waals surface area contributed by atoms with E-state index >= 15 is 0 Å². The van der Waals surface area contributed by atoms with Crippen molar-refractivity contribution in [3.05, 3.63) is 35.4 Å². The lowest BCUT2D eigenvalue weighted by Crippen LogP contribution is -1.94. The van der Waals surface area contributed by atoms with E-state index in [-0.39, 0.29) is 0 Å². The molecule has 0 radical (unpaired) electrons. The van der Waals surface area contributed by atoms with Crippen LogP contribution < -0.4 is 5.84 Å². The van der Waals surface area contributed by atoms with Crippen LogP contribution in [-0.2, 0) is 11.3 Å². The van der Waals surface area contributed by atoms with E-state index in [1.54, 1.807) is 6.21 Å². The van der Waals surface area contributed by atoms with Gasteiger partial charge >= 0.3 is 0 Å². The summed E-state index contributed by atoms with van der Waals surface area (Å²) >= 11 is 0. The van der Waals surface area contributed by atoms with Gasteiger partial charge in [0.15, 0.2) is 0 Å². The molecule has 0 aliphatic heterocycles. The lowest BCUT2D eigenvalue weighted by molar-refractivity contribution is 0.121. The maximum Gasteiger partial charge on any atom is 0.0716 e. The van der Waals surface area contributed by atoms with Crippen LogP contribution in [0.25, 0.3) is 0 Å². The summed E-state index contributed by atoms with van der Waals surface area (Å²) in [6, 6.07) is 7.99. The van der Waals surface area contributed by atoms with E-state index in [0.29, 0.717) is 6.61 Å². The molecule has 0 bridgehead atoms. The number of nitrogens with zero attached hydrogens (tertiary/aromatic N) is 1. The summed E-state index contributed by atoms with van der Waals surface area (Å²) in [4.78, 5) is 0. The van der Waals surface area contributed by atoms with Gasteiger partial charge in [-0.1, -0.05) is 31.2 Å². The minimum absolute atomic E-state index is 0.674. The number of rotatable bonds is 5. The van der Waals surface area contributed by atoms with Crippen molar-refractivity contribution >= 4 is 6.21 Å². The van der Waals surface area contributed by atoms with Crippen molar-refractivity contribution in [1.29, 1.82) is 0 Å². The molecule has 0 heterocycles. The van der Waals surface area contributed by atoms with Gasteiger partial charge in [0.2, 0.25) is 0 Å². The topological polar surface area (TPSA) is 47.6 Å². The van der Waals surface area contributed by atoms with Gasteiger partial charge in [0.05, 0.1) is 12.8 Å². The number of nitrogens with two attached hydrogens (primary N) is 1. The average molecular weight is 192 g/mol. The maximum atomic E-state index is 5.41. The molecule has 76 valence electrons. The third-order valence-electron chi connectivity index (χ3n) is 1.82. The first-order valence-corrected chi connectivity index (χ1v) is 4.76. The Bertz CT molecular complexity index is 280. The SMILES string of the molecule is CCCOCc1ccc(C=NN)cc1. The standard InChI is InChI=1S/C11H16N2O/c1-2-7-14-9-11-5-3-10(4-6-11)8-13-12/h3-6,8H,2,7,9,12H2,1H3. The first-order valence-electron chi connectivity index (χ1n) is 4.76. The molecule has 14 heavy (non-hydrogen) atoms. The van der Waals surface area contributed by atoms with Crippen molar-refractivity contribution in [1.82, 2.24) is 0 Å². The summed E-state index contributed by atoms with van der Waals surface area (Å²) in [5.74, 6) is 5.04. The zero-order chi connectivity index (χ0) is 10.2. The molecule has 2 N–H and O–H groups in total. The van der Waals surface area contributed by atoms with E-state index in [4.69, 9.17) is 10.6 Å². The van der Waals surface area contributed by atoms with Crippen LogP contribution in [0.15, 0.2) is 29.4 Å². The quantitative estimate of drug-likeness (QED) is 0.335. The van der Waals surface area contributed by atoms with Crippen LogP contribution in [0.5, 0.6) is 0 Å². The van der Waals surface area contributed by atoms with Crippen LogP contribution in [0.4, 0.5) is 0 Å². The lowest BCUT2D eigenvalue weighted by atomic mass is 10.1. The first kappa shape index (κ1) is 10.7. The Morgan fingerprint density at radius 2 is 2.07 bits per heavy atom. The van der Waals surface area contributed by atoms with Crippen molar-refractivity contribution in [2.24, 2.45) is 10.9 Å². The Labute approximate surface area is 84.6 Å². The van der Waals surface area contributed by atoms with Crippen LogP contribution in [0.3, 0.4) is 0 Å². The van der Waals surface area contributed by atoms with Crippen LogP contribution >= 0.6 is 0 Å². The fourth-order valence-electron chi connectivity index (χ4n) is 1.12. The average Bonchev–Trinajstić information content (AvgIpc) is 2.21. The maximum absolute atomic E-state index is 5.41. The smallest absolute Gasteiger partial charge is 0.0716 e. The lowest BCUT2D eigenvalue weighted by Gasteiger charge is -2.02. The predicted octanol–water partition coefficient (Wildman–Crippen LogP) is 1.91. The number of hydrazone groups is 1. The monoisotopic (exact) mass is 192 g/mol. The molecular formula is C11H16N2O. The molecule has 1 rings (SSSR count). The Balaban J connectivity index is 2.46. The second-order valence-corrected chi connectivity index (χ2v) is 3.07. The molecule has 0 aliphatic rings. The molecular weight excluding hydrogens is 176 g/mol. The van der Waals surface area contributed by atoms with Gasteiger partial charge in [0, 0.05) is 6.61 Å². The largest absolute Gasteiger partial charge is 0.377 e. The van der Waals surface area contributed by atoms with Gasteiger partial charge in [-0.2, -0.15) is 5.10 Å². The van der Waals surface area contributed by atoms with Crippen LogP contribution in [-0.4, -0.2) is 12.8 Å². The van der Waals surface area contributed by atoms with Gasteiger partial charge < -0.3 is 10.6 Å². The molecule has 3 heteroatoms. The summed E-state index contributed by atoms with van der Waals surface area (Å²) in [6.07, 6.45) is 2.68. The minimum atomic E-state index is 0.674. The third-order valence-corrected chi connectivity index (χ3v) is 1.82. The normalized spacial score (nSPS) is 10.9. The summed E-state index contributed by atoms with van der Waals surface area (Å²) in [7, 11) is 0. The highest BCUT2D eigenvalue weighted by atomic mass is 16.5. The predicted molar refractivity (Wildman–Crippen MR) is 58.2 cm³/mol. The van der Waals surface area contributed by atoms with E-state index in [2.05, 4.69) is 12.0 Å². The molecule has 1 aromatic rings. The molecule has 0 saturated carbocycles. The molecule has 3 nitrogen and oxygen atoms in total.